The van der Waals surface area contributed by atoms with Gasteiger partial charge < -0.3 is 5.11 Å². The molecule has 0 aliphatic rings. The molecule has 2 aromatic rings. The number of nitrogens with zero attached hydrogens (tertiary/aromatic N) is 3. The Labute approximate surface area is 114 Å². The summed E-state index contributed by atoms with van der Waals surface area (Å²) in [5, 5.41) is 20.8. The number of halogens is 1. The zero-order chi connectivity index (χ0) is 13.7. The van der Waals surface area contributed by atoms with E-state index in [0.29, 0.717) is 22.0 Å². The SMILES string of the molecule is O=NCc1cc(N=Nc2cccc(Cl)c2)ccc1O. The lowest BCUT2D eigenvalue weighted by Gasteiger charge is -2.00. The molecule has 2 aromatic carbocycles. The van der Waals surface area contributed by atoms with Crippen LogP contribution in [0, 0.1) is 4.91 Å². The quantitative estimate of drug-likeness (QED) is 0.647. The zero-order valence-corrected chi connectivity index (χ0v) is 10.6. The van der Waals surface area contributed by atoms with Crippen LogP contribution in [0.3, 0.4) is 0 Å². The first kappa shape index (κ1) is 13.2. The molecule has 0 aliphatic carbocycles. The fourth-order valence-electron chi connectivity index (χ4n) is 1.48. The van der Waals surface area contributed by atoms with Gasteiger partial charge in [0.2, 0.25) is 0 Å². The van der Waals surface area contributed by atoms with Gasteiger partial charge in [-0.1, -0.05) is 22.8 Å². The van der Waals surface area contributed by atoms with Gasteiger partial charge in [-0.3, -0.25) is 0 Å². The summed E-state index contributed by atoms with van der Waals surface area (Å²) in [7, 11) is 0. The minimum Gasteiger partial charge on any atom is -0.508 e. The van der Waals surface area contributed by atoms with E-state index in [4.69, 9.17) is 11.6 Å². The Balaban J connectivity index is 2.23. The number of phenolic OH excluding ortho intramolecular Hbond substituents is 1. The molecule has 0 radical (unpaired) electrons. The molecule has 0 saturated heterocycles. The summed E-state index contributed by atoms with van der Waals surface area (Å²) in [5.74, 6) is 0.0151. The van der Waals surface area contributed by atoms with Gasteiger partial charge in [0.15, 0.2) is 0 Å². The monoisotopic (exact) mass is 275 g/mol. The molecule has 0 unspecified atom stereocenters. The molecule has 0 heterocycles. The highest BCUT2D eigenvalue weighted by Gasteiger charge is 2.02. The maximum Gasteiger partial charge on any atom is 0.120 e. The van der Waals surface area contributed by atoms with Crippen LogP contribution in [0.15, 0.2) is 57.9 Å². The van der Waals surface area contributed by atoms with Gasteiger partial charge >= 0.3 is 0 Å². The first-order valence-electron chi connectivity index (χ1n) is 5.47. The first-order chi connectivity index (χ1) is 9.19. The molecule has 19 heavy (non-hydrogen) atoms. The van der Waals surface area contributed by atoms with Crippen LogP contribution in [-0.2, 0) is 6.54 Å². The molecule has 0 aliphatic heterocycles. The van der Waals surface area contributed by atoms with E-state index in [2.05, 4.69) is 15.4 Å². The van der Waals surface area contributed by atoms with Crippen LogP contribution in [0.1, 0.15) is 5.56 Å². The molecule has 0 aromatic heterocycles. The van der Waals surface area contributed by atoms with Gasteiger partial charge in [-0.15, -0.1) is 0 Å². The molecule has 0 fully saturated rings. The molecule has 96 valence electrons. The van der Waals surface area contributed by atoms with Gasteiger partial charge in [-0.05, 0) is 36.4 Å². The maximum absolute atomic E-state index is 10.2. The number of aromatic hydroxyl groups is 1. The number of azo groups is 1. The molecular formula is C13H10ClN3O2. The van der Waals surface area contributed by atoms with Crippen LogP contribution in [0.4, 0.5) is 11.4 Å². The average molecular weight is 276 g/mol. The van der Waals surface area contributed by atoms with Crippen molar-refractivity contribution in [3.63, 3.8) is 0 Å². The third-order valence-electron chi connectivity index (χ3n) is 2.39. The molecular weight excluding hydrogens is 266 g/mol. The molecule has 5 nitrogen and oxygen atoms in total. The van der Waals surface area contributed by atoms with Crippen molar-refractivity contribution >= 4 is 23.0 Å². The van der Waals surface area contributed by atoms with Gasteiger partial charge in [0, 0.05) is 10.6 Å². The fraction of sp³-hybridized carbons (Fsp3) is 0.0769. The lowest BCUT2D eigenvalue weighted by atomic mass is 10.2. The van der Waals surface area contributed by atoms with Crippen molar-refractivity contribution < 1.29 is 5.11 Å². The van der Waals surface area contributed by atoms with Crippen molar-refractivity contribution in [2.75, 3.05) is 0 Å². The third kappa shape index (κ3) is 3.59. The molecule has 0 spiro atoms. The Bertz CT molecular complexity index is 629. The van der Waals surface area contributed by atoms with Gasteiger partial charge in [-0.25, -0.2) is 0 Å². The lowest BCUT2D eigenvalue weighted by Crippen LogP contribution is -1.81. The minimum atomic E-state index is -0.105. The van der Waals surface area contributed by atoms with Crippen LogP contribution < -0.4 is 0 Å². The predicted octanol–water partition coefficient (Wildman–Crippen LogP) is 4.73. The second kappa shape index (κ2) is 6.06. The molecule has 0 saturated carbocycles. The van der Waals surface area contributed by atoms with Crippen LogP contribution in [-0.4, -0.2) is 5.11 Å². The summed E-state index contributed by atoms with van der Waals surface area (Å²) < 4.78 is 0. The predicted molar refractivity (Wildman–Crippen MR) is 73.2 cm³/mol. The Hall–Kier alpha value is -2.27. The van der Waals surface area contributed by atoms with E-state index in [9.17, 15) is 10.0 Å². The van der Waals surface area contributed by atoms with Gasteiger partial charge in [0.25, 0.3) is 0 Å². The van der Waals surface area contributed by atoms with E-state index >= 15 is 0 Å². The Morgan fingerprint density at radius 1 is 1.05 bits per heavy atom. The van der Waals surface area contributed by atoms with Crippen LogP contribution >= 0.6 is 11.6 Å². The molecule has 0 amide bonds. The highest BCUT2D eigenvalue weighted by atomic mass is 35.5. The normalized spacial score (nSPS) is 10.8. The van der Waals surface area contributed by atoms with Gasteiger partial charge in [0.05, 0.1) is 11.4 Å². The summed E-state index contributed by atoms with van der Waals surface area (Å²) in [6, 6.07) is 11.6. The number of benzene rings is 2. The fourth-order valence-corrected chi connectivity index (χ4v) is 1.67. The van der Waals surface area contributed by atoms with Crippen molar-refractivity contribution in [2.24, 2.45) is 15.4 Å². The molecule has 2 rings (SSSR count). The highest BCUT2D eigenvalue weighted by Crippen LogP contribution is 2.26. The summed E-state index contributed by atoms with van der Waals surface area (Å²) in [6.45, 7) is -0.105. The number of rotatable bonds is 4. The highest BCUT2D eigenvalue weighted by molar-refractivity contribution is 6.30. The summed E-state index contributed by atoms with van der Waals surface area (Å²) in [5.41, 5.74) is 1.56. The maximum atomic E-state index is 10.2. The number of phenols is 1. The molecule has 6 heteroatoms. The van der Waals surface area contributed by atoms with E-state index in [1.807, 2.05) is 0 Å². The first-order valence-corrected chi connectivity index (χ1v) is 5.85. The molecule has 1 N–H and O–H groups in total. The lowest BCUT2D eigenvalue weighted by molar-refractivity contribution is 0.468. The van der Waals surface area contributed by atoms with Crippen molar-refractivity contribution in [1.82, 2.24) is 0 Å². The topological polar surface area (TPSA) is 74.4 Å². The number of hydrogen-bond acceptors (Lipinski definition) is 5. The molecule has 0 atom stereocenters. The minimum absolute atomic E-state index is 0.0151. The summed E-state index contributed by atoms with van der Waals surface area (Å²) in [6.07, 6.45) is 0. The Kier molecular flexibility index (Phi) is 4.20. The summed E-state index contributed by atoms with van der Waals surface area (Å²) in [4.78, 5) is 10.2. The standard InChI is InChI=1S/C13H10ClN3O2/c14-10-2-1-3-11(7-10)16-17-12-4-5-13(18)9(6-12)8-15-19/h1-7,18H,8H2. The second-order valence-electron chi connectivity index (χ2n) is 3.78. The van der Waals surface area contributed by atoms with Crippen LogP contribution in [0.2, 0.25) is 5.02 Å². The van der Waals surface area contributed by atoms with Crippen molar-refractivity contribution in [3.05, 3.63) is 58.0 Å². The Morgan fingerprint density at radius 3 is 2.47 bits per heavy atom. The van der Waals surface area contributed by atoms with Crippen LogP contribution in [0.25, 0.3) is 0 Å². The van der Waals surface area contributed by atoms with E-state index in [1.54, 1.807) is 36.4 Å². The molecule has 0 bridgehead atoms. The van der Waals surface area contributed by atoms with Crippen molar-refractivity contribution in [1.29, 1.82) is 0 Å². The van der Waals surface area contributed by atoms with Gasteiger partial charge in [0.1, 0.15) is 12.3 Å². The van der Waals surface area contributed by atoms with Crippen molar-refractivity contribution in [2.45, 2.75) is 6.54 Å². The van der Waals surface area contributed by atoms with Crippen LogP contribution in [0.5, 0.6) is 5.75 Å². The number of hydrogen-bond donors (Lipinski definition) is 1. The smallest absolute Gasteiger partial charge is 0.120 e. The third-order valence-corrected chi connectivity index (χ3v) is 2.62. The number of nitroso groups, excluding NO2 is 1. The largest absolute Gasteiger partial charge is 0.508 e. The second-order valence-corrected chi connectivity index (χ2v) is 4.22. The average Bonchev–Trinajstić information content (AvgIpc) is 2.40. The zero-order valence-electron chi connectivity index (χ0n) is 9.82. The van der Waals surface area contributed by atoms with E-state index < -0.39 is 0 Å². The van der Waals surface area contributed by atoms with Gasteiger partial charge in [-0.2, -0.15) is 15.1 Å². The van der Waals surface area contributed by atoms with Crippen molar-refractivity contribution in [3.8, 4) is 5.75 Å². The Morgan fingerprint density at radius 2 is 1.79 bits per heavy atom. The van der Waals surface area contributed by atoms with E-state index in [0.717, 1.165) is 0 Å². The van der Waals surface area contributed by atoms with E-state index in [1.165, 1.54) is 6.07 Å². The summed E-state index contributed by atoms with van der Waals surface area (Å²) >= 11 is 5.83. The van der Waals surface area contributed by atoms with E-state index in [-0.39, 0.29) is 12.3 Å².